The van der Waals surface area contributed by atoms with E-state index in [0.29, 0.717) is 11.6 Å². The minimum Gasteiger partial charge on any atom is -0.320 e. The number of imidazole rings is 1. The minimum absolute atomic E-state index is 0.168. The highest BCUT2D eigenvalue weighted by Gasteiger charge is 2.15. The average molecular weight is 299 g/mol. The molecule has 0 unspecified atom stereocenters. The number of aryl methyl sites for hydroxylation is 1. The topological polar surface area (TPSA) is 46.4 Å². The minimum atomic E-state index is -0.168. The first-order chi connectivity index (χ1) is 10.1. The van der Waals surface area contributed by atoms with E-state index in [2.05, 4.69) is 24.1 Å². The zero-order chi connectivity index (χ0) is 15.0. The summed E-state index contributed by atoms with van der Waals surface area (Å²) in [6, 6.07) is 7.88. The van der Waals surface area contributed by atoms with Gasteiger partial charge in [0.15, 0.2) is 4.96 Å². The van der Waals surface area contributed by atoms with Crippen LogP contribution in [0.3, 0.4) is 0 Å². The standard InChI is InChI=1S/C16H17N3OS/c1-10(2)12-6-4-5-7-13(12)17-15(20)14-8-19-11(3)9-21-16(19)18-14/h4-10H,1-3H3,(H,17,20). The molecule has 4 nitrogen and oxygen atoms in total. The molecule has 0 bridgehead atoms. The number of hydrogen-bond acceptors (Lipinski definition) is 3. The van der Waals surface area contributed by atoms with Gasteiger partial charge < -0.3 is 5.32 Å². The number of carbonyl (C=O) groups excluding carboxylic acids is 1. The van der Waals surface area contributed by atoms with E-state index in [4.69, 9.17) is 0 Å². The molecular weight excluding hydrogens is 282 g/mol. The summed E-state index contributed by atoms with van der Waals surface area (Å²) < 4.78 is 1.94. The van der Waals surface area contributed by atoms with Crippen LogP contribution in [0.25, 0.3) is 4.96 Å². The van der Waals surface area contributed by atoms with Gasteiger partial charge in [-0.15, -0.1) is 11.3 Å². The van der Waals surface area contributed by atoms with Crippen LogP contribution in [0.2, 0.25) is 0 Å². The first kappa shape index (κ1) is 13.8. The highest BCUT2D eigenvalue weighted by Crippen LogP contribution is 2.24. The Kier molecular flexibility index (Phi) is 3.51. The molecule has 2 heterocycles. The molecule has 1 N–H and O–H groups in total. The van der Waals surface area contributed by atoms with Crippen molar-refractivity contribution in [2.45, 2.75) is 26.7 Å². The van der Waals surface area contributed by atoms with Crippen LogP contribution in [0.5, 0.6) is 0 Å². The van der Waals surface area contributed by atoms with E-state index in [1.807, 2.05) is 41.0 Å². The van der Waals surface area contributed by atoms with Gasteiger partial charge >= 0.3 is 0 Å². The predicted molar refractivity (Wildman–Crippen MR) is 86.3 cm³/mol. The van der Waals surface area contributed by atoms with Crippen LogP contribution in [-0.4, -0.2) is 15.3 Å². The third-order valence-electron chi connectivity index (χ3n) is 3.45. The molecule has 0 aliphatic carbocycles. The summed E-state index contributed by atoms with van der Waals surface area (Å²) >= 11 is 1.54. The van der Waals surface area contributed by atoms with Crippen molar-refractivity contribution in [1.82, 2.24) is 9.38 Å². The second kappa shape index (κ2) is 5.33. The largest absolute Gasteiger partial charge is 0.320 e. The zero-order valence-corrected chi connectivity index (χ0v) is 13.1. The van der Waals surface area contributed by atoms with Crippen LogP contribution in [-0.2, 0) is 0 Å². The maximum absolute atomic E-state index is 12.4. The summed E-state index contributed by atoms with van der Waals surface area (Å²) in [5.41, 5.74) is 3.52. The third kappa shape index (κ3) is 2.56. The predicted octanol–water partition coefficient (Wildman–Crippen LogP) is 4.08. The van der Waals surface area contributed by atoms with Gasteiger partial charge in [-0.1, -0.05) is 32.0 Å². The lowest BCUT2D eigenvalue weighted by molar-refractivity contribution is 0.102. The SMILES string of the molecule is Cc1csc2nc(C(=O)Nc3ccccc3C(C)C)cn12. The second-order valence-electron chi connectivity index (χ2n) is 5.35. The molecule has 0 atom stereocenters. The van der Waals surface area contributed by atoms with E-state index in [0.717, 1.165) is 21.9 Å². The van der Waals surface area contributed by atoms with Gasteiger partial charge in [0.1, 0.15) is 5.69 Å². The van der Waals surface area contributed by atoms with Gasteiger partial charge in [0.25, 0.3) is 5.91 Å². The van der Waals surface area contributed by atoms with Crippen LogP contribution in [0.4, 0.5) is 5.69 Å². The Hall–Kier alpha value is -2.14. The normalized spacial score (nSPS) is 11.2. The second-order valence-corrected chi connectivity index (χ2v) is 6.19. The Bertz CT molecular complexity index is 801. The maximum Gasteiger partial charge on any atom is 0.275 e. The highest BCUT2D eigenvalue weighted by molar-refractivity contribution is 7.15. The van der Waals surface area contributed by atoms with Gasteiger partial charge in [0, 0.05) is 23.0 Å². The molecule has 1 amide bonds. The Morgan fingerprint density at radius 2 is 2.10 bits per heavy atom. The fourth-order valence-electron chi connectivity index (χ4n) is 2.30. The number of benzene rings is 1. The van der Waals surface area contributed by atoms with Crippen molar-refractivity contribution < 1.29 is 4.79 Å². The molecule has 0 fully saturated rings. The Balaban J connectivity index is 1.89. The molecule has 108 valence electrons. The number of nitrogens with one attached hydrogen (secondary N) is 1. The fourth-order valence-corrected chi connectivity index (χ4v) is 3.15. The highest BCUT2D eigenvalue weighted by atomic mass is 32.1. The number of amides is 1. The van der Waals surface area contributed by atoms with Gasteiger partial charge in [-0.05, 0) is 24.5 Å². The van der Waals surface area contributed by atoms with Crippen molar-refractivity contribution in [2.24, 2.45) is 0 Å². The van der Waals surface area contributed by atoms with Crippen molar-refractivity contribution in [2.75, 3.05) is 5.32 Å². The van der Waals surface area contributed by atoms with Crippen LogP contribution >= 0.6 is 11.3 Å². The summed E-state index contributed by atoms with van der Waals surface area (Å²) in [7, 11) is 0. The first-order valence-corrected chi connectivity index (χ1v) is 7.77. The number of nitrogens with zero attached hydrogens (tertiary/aromatic N) is 2. The molecule has 0 spiro atoms. The fraction of sp³-hybridized carbons (Fsp3) is 0.250. The monoisotopic (exact) mass is 299 g/mol. The molecule has 5 heteroatoms. The lowest BCUT2D eigenvalue weighted by Crippen LogP contribution is -2.14. The number of para-hydroxylation sites is 1. The maximum atomic E-state index is 12.4. The zero-order valence-electron chi connectivity index (χ0n) is 12.3. The van der Waals surface area contributed by atoms with E-state index in [1.165, 1.54) is 11.3 Å². The molecule has 0 aliphatic rings. The number of hydrogen-bond donors (Lipinski definition) is 1. The van der Waals surface area contributed by atoms with E-state index < -0.39 is 0 Å². The Morgan fingerprint density at radius 3 is 2.81 bits per heavy atom. The molecule has 3 rings (SSSR count). The number of carbonyl (C=O) groups is 1. The smallest absolute Gasteiger partial charge is 0.275 e. The van der Waals surface area contributed by atoms with E-state index in [9.17, 15) is 4.79 Å². The number of anilines is 1. The molecule has 2 aromatic heterocycles. The number of fused-ring (bicyclic) bond motifs is 1. The van der Waals surface area contributed by atoms with E-state index >= 15 is 0 Å². The van der Waals surface area contributed by atoms with Crippen molar-refractivity contribution in [3.63, 3.8) is 0 Å². The van der Waals surface area contributed by atoms with Crippen LogP contribution < -0.4 is 5.32 Å². The Morgan fingerprint density at radius 1 is 1.33 bits per heavy atom. The summed E-state index contributed by atoms with van der Waals surface area (Å²) in [4.78, 5) is 17.6. The van der Waals surface area contributed by atoms with Gasteiger partial charge in [-0.3, -0.25) is 9.20 Å². The summed E-state index contributed by atoms with van der Waals surface area (Å²) in [6.07, 6.45) is 1.79. The molecule has 0 aliphatic heterocycles. The van der Waals surface area contributed by atoms with Crippen molar-refractivity contribution in [3.05, 3.63) is 52.8 Å². The van der Waals surface area contributed by atoms with Crippen LogP contribution in [0, 0.1) is 6.92 Å². The van der Waals surface area contributed by atoms with Crippen molar-refractivity contribution in [1.29, 1.82) is 0 Å². The lowest BCUT2D eigenvalue weighted by Gasteiger charge is -2.12. The van der Waals surface area contributed by atoms with Crippen LogP contribution in [0.1, 0.15) is 41.5 Å². The van der Waals surface area contributed by atoms with Crippen molar-refractivity contribution in [3.8, 4) is 0 Å². The van der Waals surface area contributed by atoms with Crippen molar-refractivity contribution >= 4 is 27.9 Å². The summed E-state index contributed by atoms with van der Waals surface area (Å²) in [5.74, 6) is 0.188. The Labute approximate surface area is 127 Å². The molecule has 0 saturated carbocycles. The number of aromatic nitrogens is 2. The van der Waals surface area contributed by atoms with E-state index in [-0.39, 0.29) is 5.91 Å². The summed E-state index contributed by atoms with van der Waals surface area (Å²) in [6.45, 7) is 6.23. The van der Waals surface area contributed by atoms with Gasteiger partial charge in [-0.25, -0.2) is 4.98 Å². The van der Waals surface area contributed by atoms with Gasteiger partial charge in [-0.2, -0.15) is 0 Å². The van der Waals surface area contributed by atoms with Gasteiger partial charge in [0.2, 0.25) is 0 Å². The number of rotatable bonds is 3. The van der Waals surface area contributed by atoms with E-state index in [1.54, 1.807) is 6.20 Å². The quantitative estimate of drug-likeness (QED) is 0.792. The third-order valence-corrected chi connectivity index (χ3v) is 4.41. The average Bonchev–Trinajstić information content (AvgIpc) is 3.02. The lowest BCUT2D eigenvalue weighted by atomic mass is 10.0. The molecule has 21 heavy (non-hydrogen) atoms. The summed E-state index contributed by atoms with van der Waals surface area (Å²) in [5, 5.41) is 4.99. The first-order valence-electron chi connectivity index (χ1n) is 6.89. The molecular formula is C16H17N3OS. The number of thiazole rings is 1. The molecule has 0 radical (unpaired) electrons. The van der Waals surface area contributed by atoms with Gasteiger partial charge in [0.05, 0.1) is 0 Å². The molecule has 0 saturated heterocycles. The molecule has 3 aromatic rings. The van der Waals surface area contributed by atoms with Crippen LogP contribution in [0.15, 0.2) is 35.8 Å². The molecule has 1 aromatic carbocycles.